The zero-order valence-corrected chi connectivity index (χ0v) is 12.6. The summed E-state index contributed by atoms with van der Waals surface area (Å²) in [6.45, 7) is 0. The van der Waals surface area contributed by atoms with Crippen LogP contribution in [-0.4, -0.2) is 14.4 Å². The number of anilines is 2. The molecule has 96 valence electrons. The molecule has 2 aromatic heterocycles. The van der Waals surface area contributed by atoms with Crippen LogP contribution < -0.4 is 5.32 Å². The summed E-state index contributed by atoms with van der Waals surface area (Å²) in [5.41, 5.74) is 0.965. The van der Waals surface area contributed by atoms with Gasteiger partial charge in [-0.3, -0.25) is 0 Å². The lowest BCUT2D eigenvalue weighted by Crippen LogP contribution is -2.00. The number of aromatic nitrogens is 3. The lowest BCUT2D eigenvalue weighted by Gasteiger charge is -2.09. The quantitative estimate of drug-likeness (QED) is 0.720. The van der Waals surface area contributed by atoms with Crippen molar-refractivity contribution in [3.8, 4) is 0 Å². The van der Waals surface area contributed by atoms with Gasteiger partial charge < -0.3 is 9.72 Å². The van der Waals surface area contributed by atoms with E-state index in [0.29, 0.717) is 21.8 Å². The van der Waals surface area contributed by atoms with E-state index in [-0.39, 0.29) is 5.82 Å². The smallest absolute Gasteiger partial charge is 0.180 e. The Bertz CT molecular complexity index is 757. The summed E-state index contributed by atoms with van der Waals surface area (Å²) in [7, 11) is 0. The highest BCUT2D eigenvalue weighted by Crippen LogP contribution is 2.25. The average molecular weight is 386 g/mol. The summed E-state index contributed by atoms with van der Waals surface area (Å²) in [5, 5.41) is 2.95. The Morgan fingerprint density at radius 3 is 2.95 bits per heavy atom. The monoisotopic (exact) mass is 384 g/mol. The Hall–Kier alpha value is -1.47. The Kier molecular flexibility index (Phi) is 3.24. The molecule has 0 atom stereocenters. The van der Waals surface area contributed by atoms with Crippen LogP contribution in [0.15, 0.2) is 45.9 Å². The molecule has 2 heterocycles. The summed E-state index contributed by atoms with van der Waals surface area (Å²) in [6.07, 6.45) is 5.24. The zero-order chi connectivity index (χ0) is 13.4. The first-order valence-corrected chi connectivity index (χ1v) is 6.93. The van der Waals surface area contributed by atoms with Crippen molar-refractivity contribution < 1.29 is 4.39 Å². The SMILES string of the molecule is Fc1ccc(Br)cc1Nc1nc(Br)cn2ccnc12. The molecule has 1 N–H and O–H groups in total. The first kappa shape index (κ1) is 12.6. The van der Waals surface area contributed by atoms with Crippen molar-refractivity contribution in [2.75, 3.05) is 5.32 Å². The van der Waals surface area contributed by atoms with E-state index in [1.807, 2.05) is 0 Å². The molecule has 0 bridgehead atoms. The molecule has 0 radical (unpaired) electrons. The first-order valence-electron chi connectivity index (χ1n) is 5.35. The van der Waals surface area contributed by atoms with Crippen molar-refractivity contribution in [3.63, 3.8) is 0 Å². The van der Waals surface area contributed by atoms with Gasteiger partial charge in [0.25, 0.3) is 0 Å². The van der Waals surface area contributed by atoms with E-state index >= 15 is 0 Å². The van der Waals surface area contributed by atoms with Crippen LogP contribution in [-0.2, 0) is 0 Å². The molecule has 0 aliphatic heterocycles. The van der Waals surface area contributed by atoms with E-state index in [0.717, 1.165) is 4.47 Å². The fraction of sp³-hybridized carbons (Fsp3) is 0. The van der Waals surface area contributed by atoms with Crippen LogP contribution >= 0.6 is 31.9 Å². The molecule has 0 spiro atoms. The Morgan fingerprint density at radius 2 is 2.11 bits per heavy atom. The predicted octanol–water partition coefficient (Wildman–Crippen LogP) is 4.14. The molecular weight excluding hydrogens is 379 g/mol. The van der Waals surface area contributed by atoms with Crippen LogP contribution in [0.3, 0.4) is 0 Å². The van der Waals surface area contributed by atoms with Gasteiger partial charge in [0.15, 0.2) is 11.5 Å². The summed E-state index contributed by atoms with van der Waals surface area (Å²) in [4.78, 5) is 8.47. The number of halogens is 3. The summed E-state index contributed by atoms with van der Waals surface area (Å²) in [6, 6.07) is 4.67. The summed E-state index contributed by atoms with van der Waals surface area (Å²) in [5.74, 6) is 0.131. The van der Waals surface area contributed by atoms with Crippen molar-refractivity contribution >= 4 is 49.0 Å². The second-order valence-corrected chi connectivity index (χ2v) is 5.55. The van der Waals surface area contributed by atoms with Gasteiger partial charge in [-0.05, 0) is 34.1 Å². The first-order chi connectivity index (χ1) is 9.13. The van der Waals surface area contributed by atoms with Crippen molar-refractivity contribution in [3.05, 3.63) is 51.7 Å². The minimum Gasteiger partial charge on any atom is -0.335 e. The number of imidazole rings is 1. The minimum atomic E-state index is -0.352. The van der Waals surface area contributed by atoms with Gasteiger partial charge in [0.05, 0.1) is 5.69 Å². The van der Waals surface area contributed by atoms with Crippen LogP contribution in [0, 0.1) is 5.82 Å². The molecule has 3 aromatic rings. The van der Waals surface area contributed by atoms with E-state index in [1.54, 1.807) is 35.1 Å². The average Bonchev–Trinajstić information content (AvgIpc) is 2.82. The molecule has 0 fully saturated rings. The number of nitrogens with one attached hydrogen (secondary N) is 1. The van der Waals surface area contributed by atoms with Crippen molar-refractivity contribution in [2.24, 2.45) is 0 Å². The van der Waals surface area contributed by atoms with Crippen LogP contribution in [0.25, 0.3) is 5.65 Å². The van der Waals surface area contributed by atoms with E-state index in [1.165, 1.54) is 6.07 Å². The molecule has 4 nitrogen and oxygen atoms in total. The van der Waals surface area contributed by atoms with Gasteiger partial charge >= 0.3 is 0 Å². The van der Waals surface area contributed by atoms with Crippen molar-refractivity contribution in [2.45, 2.75) is 0 Å². The Balaban J connectivity index is 2.10. The topological polar surface area (TPSA) is 42.2 Å². The zero-order valence-electron chi connectivity index (χ0n) is 9.44. The molecule has 3 rings (SSSR count). The Labute approximate surface area is 124 Å². The van der Waals surface area contributed by atoms with Gasteiger partial charge in [-0.25, -0.2) is 14.4 Å². The Morgan fingerprint density at radius 1 is 1.26 bits per heavy atom. The number of benzene rings is 1. The highest BCUT2D eigenvalue weighted by molar-refractivity contribution is 9.10. The van der Waals surface area contributed by atoms with Gasteiger partial charge in [0.1, 0.15) is 10.4 Å². The highest BCUT2D eigenvalue weighted by Gasteiger charge is 2.09. The molecule has 0 saturated carbocycles. The van der Waals surface area contributed by atoms with E-state index in [9.17, 15) is 4.39 Å². The van der Waals surface area contributed by atoms with E-state index in [4.69, 9.17) is 0 Å². The fourth-order valence-electron chi connectivity index (χ4n) is 1.71. The molecule has 0 aliphatic rings. The lowest BCUT2D eigenvalue weighted by molar-refractivity contribution is 0.631. The molecular formula is C12H7Br2FN4. The maximum absolute atomic E-state index is 13.7. The van der Waals surface area contributed by atoms with Gasteiger partial charge in [-0.15, -0.1) is 0 Å². The summed E-state index contributed by atoms with van der Waals surface area (Å²) >= 11 is 6.62. The summed E-state index contributed by atoms with van der Waals surface area (Å²) < 4.78 is 17.0. The molecule has 0 amide bonds. The third-order valence-corrected chi connectivity index (χ3v) is 3.40. The maximum Gasteiger partial charge on any atom is 0.180 e. The van der Waals surface area contributed by atoms with Gasteiger partial charge in [-0.1, -0.05) is 15.9 Å². The highest BCUT2D eigenvalue weighted by atomic mass is 79.9. The van der Waals surface area contributed by atoms with Crippen LogP contribution in [0.2, 0.25) is 0 Å². The number of nitrogens with zero attached hydrogens (tertiary/aromatic N) is 3. The standard InChI is InChI=1S/C12H7Br2FN4/c13-7-1-2-8(15)9(5-7)17-11-12-16-3-4-19(12)6-10(14)18-11/h1-6H,(H,17,18). The third kappa shape index (κ3) is 2.48. The lowest BCUT2D eigenvalue weighted by atomic mass is 10.3. The second-order valence-electron chi connectivity index (χ2n) is 3.82. The minimum absolute atomic E-state index is 0.338. The van der Waals surface area contributed by atoms with Crippen LogP contribution in [0.5, 0.6) is 0 Å². The van der Waals surface area contributed by atoms with E-state index in [2.05, 4.69) is 47.1 Å². The second kappa shape index (κ2) is 4.90. The molecule has 0 aliphatic carbocycles. The van der Waals surface area contributed by atoms with Gasteiger partial charge in [0.2, 0.25) is 0 Å². The van der Waals surface area contributed by atoms with Gasteiger partial charge in [0, 0.05) is 23.1 Å². The van der Waals surface area contributed by atoms with Crippen molar-refractivity contribution in [1.82, 2.24) is 14.4 Å². The number of hydrogen-bond donors (Lipinski definition) is 1. The number of rotatable bonds is 2. The molecule has 1 aromatic carbocycles. The molecule has 7 heteroatoms. The van der Waals surface area contributed by atoms with Gasteiger partial charge in [-0.2, -0.15) is 0 Å². The predicted molar refractivity (Wildman–Crippen MR) is 78.1 cm³/mol. The molecule has 19 heavy (non-hydrogen) atoms. The van der Waals surface area contributed by atoms with E-state index < -0.39 is 0 Å². The third-order valence-electron chi connectivity index (χ3n) is 2.53. The van der Waals surface area contributed by atoms with Crippen LogP contribution in [0.4, 0.5) is 15.9 Å². The van der Waals surface area contributed by atoms with Crippen LogP contribution in [0.1, 0.15) is 0 Å². The normalized spacial score (nSPS) is 10.9. The fourth-order valence-corrected chi connectivity index (χ4v) is 2.46. The number of fused-ring (bicyclic) bond motifs is 1. The molecule has 0 saturated heterocycles. The largest absolute Gasteiger partial charge is 0.335 e. The number of hydrogen-bond acceptors (Lipinski definition) is 3. The molecule has 0 unspecified atom stereocenters. The maximum atomic E-state index is 13.7. The van der Waals surface area contributed by atoms with Crippen molar-refractivity contribution in [1.29, 1.82) is 0 Å².